The van der Waals surface area contributed by atoms with Crippen LogP contribution in [0.5, 0.6) is 0 Å². The van der Waals surface area contributed by atoms with Crippen molar-refractivity contribution in [1.82, 2.24) is 4.98 Å². The maximum Gasteiger partial charge on any atom is 0.263 e. The molecule has 2 N–H and O–H groups in total. The van der Waals surface area contributed by atoms with Crippen molar-refractivity contribution in [3.63, 3.8) is 0 Å². The van der Waals surface area contributed by atoms with Crippen molar-refractivity contribution >= 4 is 49.7 Å². The molecule has 0 aliphatic rings. The molecule has 134 valence electrons. The van der Waals surface area contributed by atoms with E-state index in [1.165, 1.54) is 12.1 Å². The highest BCUT2D eigenvalue weighted by Gasteiger charge is 2.16. The minimum atomic E-state index is -3.70. The van der Waals surface area contributed by atoms with Gasteiger partial charge in [0.05, 0.1) is 27.7 Å². The number of halogens is 1. The number of benzene rings is 2. The highest BCUT2D eigenvalue weighted by molar-refractivity contribution is 7.93. The number of nitrogens with one attached hydrogen (secondary N) is 2. The summed E-state index contributed by atoms with van der Waals surface area (Å²) in [5.41, 5.74) is 0.977. The summed E-state index contributed by atoms with van der Waals surface area (Å²) in [6, 6.07) is 14.9. The highest BCUT2D eigenvalue weighted by atomic mass is 35.5. The van der Waals surface area contributed by atoms with Gasteiger partial charge in [-0.05, 0) is 24.3 Å². The quantitative estimate of drug-likeness (QED) is 0.650. The Kier molecular flexibility index (Phi) is 5.55. The van der Waals surface area contributed by atoms with E-state index < -0.39 is 10.0 Å². The van der Waals surface area contributed by atoms with Gasteiger partial charge in [0.15, 0.2) is 5.13 Å². The van der Waals surface area contributed by atoms with E-state index in [1.807, 2.05) is 0 Å². The molecule has 0 aliphatic heterocycles. The summed E-state index contributed by atoms with van der Waals surface area (Å²) in [5.74, 6) is -0.291. The maximum absolute atomic E-state index is 12.3. The highest BCUT2D eigenvalue weighted by Crippen LogP contribution is 2.22. The van der Waals surface area contributed by atoms with Gasteiger partial charge in [-0.15, -0.1) is 11.3 Å². The third-order valence-electron chi connectivity index (χ3n) is 3.32. The monoisotopic (exact) mass is 407 g/mol. The average Bonchev–Trinajstić information content (AvgIpc) is 3.04. The van der Waals surface area contributed by atoms with Crippen LogP contribution in [0.25, 0.3) is 0 Å². The molecule has 0 saturated heterocycles. The van der Waals surface area contributed by atoms with Crippen LogP contribution < -0.4 is 10.0 Å². The van der Waals surface area contributed by atoms with Crippen molar-refractivity contribution in [3.8, 4) is 0 Å². The van der Waals surface area contributed by atoms with Gasteiger partial charge in [-0.2, -0.15) is 0 Å². The zero-order valence-electron chi connectivity index (χ0n) is 13.3. The lowest BCUT2D eigenvalue weighted by atomic mass is 10.3. The number of thiazole rings is 1. The zero-order valence-corrected chi connectivity index (χ0v) is 15.7. The van der Waals surface area contributed by atoms with Crippen LogP contribution >= 0.6 is 22.9 Å². The van der Waals surface area contributed by atoms with Gasteiger partial charge >= 0.3 is 0 Å². The van der Waals surface area contributed by atoms with E-state index in [1.54, 1.807) is 47.8 Å². The molecular formula is C17H14ClN3O3S2. The average molecular weight is 408 g/mol. The number of carbonyl (C=O) groups is 1. The van der Waals surface area contributed by atoms with E-state index in [0.29, 0.717) is 16.4 Å². The van der Waals surface area contributed by atoms with Gasteiger partial charge in [0.2, 0.25) is 5.91 Å². The van der Waals surface area contributed by atoms with E-state index in [0.717, 1.165) is 11.3 Å². The lowest BCUT2D eigenvalue weighted by Crippen LogP contribution is -2.15. The molecule has 0 aliphatic carbocycles. The normalized spacial score (nSPS) is 11.1. The SMILES string of the molecule is O=C(Cc1csc(NS(=O)(=O)c2ccccc2)n1)Nc1ccccc1Cl. The molecule has 6 nitrogen and oxygen atoms in total. The molecular weight excluding hydrogens is 394 g/mol. The molecule has 9 heteroatoms. The van der Waals surface area contributed by atoms with Crippen LogP contribution in [0, 0.1) is 0 Å². The van der Waals surface area contributed by atoms with E-state index in [2.05, 4.69) is 15.0 Å². The smallest absolute Gasteiger partial charge is 0.263 e. The first-order valence-electron chi connectivity index (χ1n) is 7.51. The van der Waals surface area contributed by atoms with Crippen molar-refractivity contribution < 1.29 is 13.2 Å². The van der Waals surface area contributed by atoms with Crippen LogP contribution in [0.15, 0.2) is 64.9 Å². The minimum absolute atomic E-state index is 0.00872. The first-order chi connectivity index (χ1) is 12.4. The second-order valence-electron chi connectivity index (χ2n) is 5.27. The third kappa shape index (κ3) is 4.60. The summed E-state index contributed by atoms with van der Waals surface area (Å²) in [7, 11) is -3.70. The number of hydrogen-bond donors (Lipinski definition) is 2. The third-order valence-corrected chi connectivity index (χ3v) is 5.94. The summed E-state index contributed by atoms with van der Waals surface area (Å²) in [5, 5.41) is 4.97. The first-order valence-corrected chi connectivity index (χ1v) is 10.2. The van der Waals surface area contributed by atoms with Crippen LogP contribution in [0.3, 0.4) is 0 Å². The molecule has 1 aromatic heterocycles. The Morgan fingerprint density at radius 1 is 1.08 bits per heavy atom. The molecule has 0 fully saturated rings. The number of rotatable bonds is 6. The molecule has 26 heavy (non-hydrogen) atoms. The van der Waals surface area contributed by atoms with Crippen LogP contribution in [0.1, 0.15) is 5.69 Å². The number of para-hydroxylation sites is 1. The molecule has 0 spiro atoms. The molecule has 3 rings (SSSR count). The second-order valence-corrected chi connectivity index (χ2v) is 8.22. The van der Waals surface area contributed by atoms with Gasteiger partial charge in [-0.25, -0.2) is 13.4 Å². The topological polar surface area (TPSA) is 88.2 Å². The number of anilines is 2. The summed E-state index contributed by atoms with van der Waals surface area (Å²) >= 11 is 7.12. The largest absolute Gasteiger partial charge is 0.324 e. The van der Waals surface area contributed by atoms with E-state index in [9.17, 15) is 13.2 Å². The Morgan fingerprint density at radius 2 is 1.77 bits per heavy atom. The predicted molar refractivity (Wildman–Crippen MR) is 103 cm³/mol. The van der Waals surface area contributed by atoms with Gasteiger partial charge in [-0.1, -0.05) is 41.9 Å². The lowest BCUT2D eigenvalue weighted by Gasteiger charge is -2.06. The molecule has 0 radical (unpaired) electrons. The number of aromatic nitrogens is 1. The van der Waals surface area contributed by atoms with E-state index >= 15 is 0 Å². The number of hydrogen-bond acceptors (Lipinski definition) is 5. The lowest BCUT2D eigenvalue weighted by molar-refractivity contribution is -0.115. The van der Waals surface area contributed by atoms with Crippen molar-refractivity contribution in [1.29, 1.82) is 0 Å². The summed E-state index contributed by atoms with van der Waals surface area (Å²) in [6.07, 6.45) is 0.00872. The Morgan fingerprint density at radius 3 is 2.50 bits per heavy atom. The van der Waals surface area contributed by atoms with Crippen LogP contribution in [-0.4, -0.2) is 19.3 Å². The fraction of sp³-hybridized carbons (Fsp3) is 0.0588. The Labute approximate surface area is 159 Å². The standard InChI is InChI=1S/C17H14ClN3O3S2/c18-14-8-4-5-9-15(14)20-16(22)10-12-11-25-17(19-12)21-26(23,24)13-6-2-1-3-7-13/h1-9,11H,10H2,(H,19,21)(H,20,22). The first kappa shape index (κ1) is 18.4. The molecule has 3 aromatic rings. The molecule has 1 heterocycles. The Balaban J connectivity index is 1.65. The van der Waals surface area contributed by atoms with Gasteiger partial charge < -0.3 is 5.32 Å². The van der Waals surface area contributed by atoms with Gasteiger partial charge in [0, 0.05) is 5.38 Å². The number of nitrogens with zero attached hydrogens (tertiary/aromatic N) is 1. The van der Waals surface area contributed by atoms with Crippen LogP contribution in [-0.2, 0) is 21.2 Å². The second kappa shape index (κ2) is 7.86. The van der Waals surface area contributed by atoms with E-state index in [-0.39, 0.29) is 22.4 Å². The van der Waals surface area contributed by atoms with Gasteiger partial charge in [0.1, 0.15) is 0 Å². The fourth-order valence-corrected chi connectivity index (χ4v) is 4.30. The van der Waals surface area contributed by atoms with Gasteiger partial charge in [0.25, 0.3) is 10.0 Å². The molecule has 0 saturated carbocycles. The van der Waals surface area contributed by atoms with Gasteiger partial charge in [-0.3, -0.25) is 9.52 Å². The van der Waals surface area contributed by atoms with Crippen molar-refractivity contribution in [2.45, 2.75) is 11.3 Å². The van der Waals surface area contributed by atoms with Crippen LogP contribution in [0.2, 0.25) is 5.02 Å². The predicted octanol–water partition coefficient (Wildman–Crippen LogP) is 3.78. The van der Waals surface area contributed by atoms with Crippen LogP contribution in [0.4, 0.5) is 10.8 Å². The molecule has 2 aromatic carbocycles. The molecule has 1 amide bonds. The Bertz CT molecular complexity index is 1020. The summed E-state index contributed by atoms with van der Waals surface area (Å²) in [4.78, 5) is 16.4. The molecule has 0 atom stereocenters. The number of carbonyl (C=O) groups excluding carboxylic acids is 1. The molecule has 0 bridgehead atoms. The summed E-state index contributed by atoms with van der Waals surface area (Å²) < 4.78 is 27.0. The zero-order chi connectivity index (χ0) is 18.6. The van der Waals surface area contributed by atoms with Crippen molar-refractivity contribution in [2.24, 2.45) is 0 Å². The number of amides is 1. The minimum Gasteiger partial charge on any atom is -0.324 e. The summed E-state index contributed by atoms with van der Waals surface area (Å²) in [6.45, 7) is 0. The number of sulfonamides is 1. The fourth-order valence-electron chi connectivity index (χ4n) is 2.13. The molecule has 0 unspecified atom stereocenters. The Hall–Kier alpha value is -2.42. The van der Waals surface area contributed by atoms with E-state index in [4.69, 9.17) is 11.6 Å². The van der Waals surface area contributed by atoms with Crippen molar-refractivity contribution in [3.05, 3.63) is 70.7 Å². The van der Waals surface area contributed by atoms with Crippen molar-refractivity contribution in [2.75, 3.05) is 10.0 Å². The maximum atomic E-state index is 12.3.